The summed E-state index contributed by atoms with van der Waals surface area (Å²) in [5.41, 5.74) is 0. The molecule has 7 heteroatoms. The fourth-order valence-corrected chi connectivity index (χ4v) is 1.75. The van der Waals surface area contributed by atoms with Gasteiger partial charge in [0.2, 0.25) is 5.91 Å². The fourth-order valence-electron chi connectivity index (χ4n) is 0.945. The van der Waals surface area contributed by atoms with Gasteiger partial charge in [-0.05, 0) is 27.2 Å². The molecule has 0 aliphatic heterocycles. The van der Waals surface area contributed by atoms with Crippen molar-refractivity contribution in [3.05, 3.63) is 0 Å². The van der Waals surface area contributed by atoms with Crippen LogP contribution in [-0.2, 0) is 14.2 Å². The normalized spacial score (nSPS) is 11.4. The van der Waals surface area contributed by atoms with Gasteiger partial charge >= 0.3 is 0 Å². The molecule has 2 N–H and O–H groups in total. The van der Waals surface area contributed by atoms with Crippen molar-refractivity contribution in [3.8, 4) is 0 Å². The lowest BCUT2D eigenvalue weighted by atomic mass is 10.4. The summed E-state index contributed by atoms with van der Waals surface area (Å²) in [5, 5.41) is 12.1. The zero-order valence-electron chi connectivity index (χ0n) is 10.1. The Morgan fingerprint density at radius 3 is 2.25 bits per heavy atom. The molecule has 0 spiro atoms. The minimum absolute atomic E-state index is 0.0899. The summed E-state index contributed by atoms with van der Waals surface area (Å²) in [6.07, 6.45) is -0.0899. The first-order chi connectivity index (χ1) is 7.13. The van der Waals surface area contributed by atoms with Crippen LogP contribution in [0, 0.1) is 0 Å². The molecule has 0 bridgehead atoms. The lowest BCUT2D eigenvalue weighted by Gasteiger charge is -2.19. The van der Waals surface area contributed by atoms with Crippen LogP contribution in [0.2, 0.25) is 0 Å². The van der Waals surface area contributed by atoms with E-state index in [-0.39, 0.29) is 18.7 Å². The zero-order valence-corrected chi connectivity index (χ0v) is 11.0. The number of nitrogens with one attached hydrogen (secondary N) is 1. The molecule has 0 aromatic rings. The summed E-state index contributed by atoms with van der Waals surface area (Å²) in [5.74, 6) is -1.04. The molecule has 0 atom stereocenters. The SMILES string of the molecule is CC(C)N(O)C(=O)CNC(=O)CP(C)(C)=O. The van der Waals surface area contributed by atoms with Gasteiger partial charge in [-0.1, -0.05) is 0 Å². The van der Waals surface area contributed by atoms with Crippen molar-refractivity contribution in [3.63, 3.8) is 0 Å². The summed E-state index contributed by atoms with van der Waals surface area (Å²) in [6.45, 7) is 6.01. The molecule has 0 radical (unpaired) electrons. The Balaban J connectivity index is 4.03. The third-order valence-electron chi connectivity index (χ3n) is 1.71. The van der Waals surface area contributed by atoms with Crippen LogP contribution < -0.4 is 5.32 Å². The second kappa shape index (κ2) is 6.01. The number of hydrogen-bond donors (Lipinski definition) is 2. The van der Waals surface area contributed by atoms with Crippen molar-refractivity contribution in [1.82, 2.24) is 10.4 Å². The smallest absolute Gasteiger partial charge is 0.265 e. The highest BCUT2D eigenvalue weighted by atomic mass is 31.2. The van der Waals surface area contributed by atoms with Gasteiger partial charge in [-0.3, -0.25) is 14.8 Å². The lowest BCUT2D eigenvalue weighted by molar-refractivity contribution is -0.171. The predicted octanol–water partition coefficient (Wildman–Crippen LogP) is 0.352. The summed E-state index contributed by atoms with van der Waals surface area (Å²) in [7, 11) is -2.42. The molecular weight excluding hydrogens is 231 g/mol. The molecule has 0 saturated carbocycles. The van der Waals surface area contributed by atoms with Gasteiger partial charge in [0.25, 0.3) is 5.91 Å². The highest BCUT2D eigenvalue weighted by Gasteiger charge is 2.17. The molecule has 0 rings (SSSR count). The molecule has 0 heterocycles. The molecule has 0 aliphatic carbocycles. The first kappa shape index (κ1) is 15.1. The van der Waals surface area contributed by atoms with E-state index in [0.717, 1.165) is 0 Å². The molecule has 0 aromatic heterocycles. The third-order valence-corrected chi connectivity index (χ3v) is 2.75. The number of amides is 2. The van der Waals surface area contributed by atoms with Gasteiger partial charge in [-0.2, -0.15) is 0 Å². The minimum Gasteiger partial charge on any atom is -0.347 e. The number of nitrogens with zero attached hydrogens (tertiary/aromatic N) is 1. The first-order valence-electron chi connectivity index (χ1n) is 4.95. The lowest BCUT2D eigenvalue weighted by Crippen LogP contribution is -2.42. The van der Waals surface area contributed by atoms with Crippen molar-refractivity contribution in [2.75, 3.05) is 26.0 Å². The average Bonchev–Trinajstić information content (AvgIpc) is 2.09. The molecule has 0 aromatic carbocycles. The summed E-state index contributed by atoms with van der Waals surface area (Å²) >= 11 is 0. The van der Waals surface area contributed by atoms with Crippen LogP contribution in [0.5, 0.6) is 0 Å². The van der Waals surface area contributed by atoms with Crippen molar-refractivity contribution < 1.29 is 19.4 Å². The fraction of sp³-hybridized carbons (Fsp3) is 0.778. The standard InChI is InChI=1S/C9H19N2O4P/c1-7(2)11(14)9(13)5-10-8(12)6-16(3,4)15/h7,14H,5-6H2,1-4H3,(H,10,12). The van der Waals surface area contributed by atoms with E-state index in [1.54, 1.807) is 13.8 Å². The second-order valence-electron chi connectivity index (χ2n) is 4.34. The van der Waals surface area contributed by atoms with Gasteiger partial charge in [-0.25, -0.2) is 5.06 Å². The van der Waals surface area contributed by atoms with E-state index in [1.165, 1.54) is 13.3 Å². The van der Waals surface area contributed by atoms with Gasteiger partial charge in [0.1, 0.15) is 0 Å². The summed E-state index contributed by atoms with van der Waals surface area (Å²) < 4.78 is 11.3. The predicted molar refractivity (Wildman–Crippen MR) is 61.1 cm³/mol. The number of hydrogen-bond acceptors (Lipinski definition) is 4. The topological polar surface area (TPSA) is 86.7 Å². The van der Waals surface area contributed by atoms with Crippen LogP contribution in [0.1, 0.15) is 13.8 Å². The molecule has 0 aliphatic rings. The van der Waals surface area contributed by atoms with Crippen LogP contribution in [0.15, 0.2) is 0 Å². The van der Waals surface area contributed by atoms with Crippen LogP contribution in [0.3, 0.4) is 0 Å². The monoisotopic (exact) mass is 250 g/mol. The highest BCUT2D eigenvalue weighted by molar-refractivity contribution is 7.63. The maximum atomic E-state index is 11.3. The Kier molecular flexibility index (Phi) is 5.68. The van der Waals surface area contributed by atoms with E-state index < -0.39 is 19.0 Å². The zero-order chi connectivity index (χ0) is 12.9. The van der Waals surface area contributed by atoms with Gasteiger partial charge in [-0.15, -0.1) is 0 Å². The van der Waals surface area contributed by atoms with E-state index in [1.807, 2.05) is 0 Å². The number of hydroxylamine groups is 2. The summed E-state index contributed by atoms with van der Waals surface area (Å²) in [4.78, 5) is 22.5. The minimum atomic E-state index is -2.42. The van der Waals surface area contributed by atoms with E-state index >= 15 is 0 Å². The van der Waals surface area contributed by atoms with E-state index in [9.17, 15) is 19.4 Å². The van der Waals surface area contributed by atoms with Crippen molar-refractivity contribution >= 4 is 19.0 Å². The van der Waals surface area contributed by atoms with Crippen molar-refractivity contribution in [1.29, 1.82) is 0 Å². The van der Waals surface area contributed by atoms with Crippen LogP contribution in [0.25, 0.3) is 0 Å². The maximum Gasteiger partial charge on any atom is 0.265 e. The molecule has 0 saturated heterocycles. The van der Waals surface area contributed by atoms with Crippen LogP contribution in [0.4, 0.5) is 0 Å². The molecule has 94 valence electrons. The molecule has 0 unspecified atom stereocenters. The Morgan fingerprint density at radius 1 is 1.38 bits per heavy atom. The van der Waals surface area contributed by atoms with Gasteiger partial charge < -0.3 is 9.88 Å². The largest absolute Gasteiger partial charge is 0.347 e. The molecule has 0 fully saturated rings. The first-order valence-corrected chi connectivity index (χ1v) is 7.74. The highest BCUT2D eigenvalue weighted by Crippen LogP contribution is 2.34. The Morgan fingerprint density at radius 2 is 1.88 bits per heavy atom. The summed E-state index contributed by atoms with van der Waals surface area (Å²) in [6, 6.07) is -0.340. The number of carbonyl (C=O) groups is 2. The quantitative estimate of drug-likeness (QED) is 0.419. The third kappa shape index (κ3) is 6.58. The molecular formula is C9H19N2O4P. The Bertz CT molecular complexity index is 311. The molecule has 16 heavy (non-hydrogen) atoms. The van der Waals surface area contributed by atoms with Crippen molar-refractivity contribution in [2.24, 2.45) is 0 Å². The number of rotatable bonds is 5. The molecule has 6 nitrogen and oxygen atoms in total. The van der Waals surface area contributed by atoms with E-state index in [0.29, 0.717) is 5.06 Å². The maximum absolute atomic E-state index is 11.3. The van der Waals surface area contributed by atoms with Crippen LogP contribution >= 0.6 is 7.14 Å². The van der Waals surface area contributed by atoms with E-state index in [4.69, 9.17) is 0 Å². The Labute approximate surface area is 95.3 Å². The van der Waals surface area contributed by atoms with Gasteiger partial charge in [0.15, 0.2) is 0 Å². The van der Waals surface area contributed by atoms with Crippen LogP contribution in [-0.4, -0.2) is 54.2 Å². The van der Waals surface area contributed by atoms with Crippen molar-refractivity contribution in [2.45, 2.75) is 19.9 Å². The van der Waals surface area contributed by atoms with Gasteiger partial charge in [0.05, 0.1) is 25.9 Å². The van der Waals surface area contributed by atoms with E-state index in [2.05, 4.69) is 5.32 Å². The molecule has 2 amide bonds. The Hall–Kier alpha value is -0.870. The average molecular weight is 250 g/mol. The van der Waals surface area contributed by atoms with Gasteiger partial charge in [0, 0.05) is 0 Å². The second-order valence-corrected chi connectivity index (χ2v) is 7.80. The number of carbonyl (C=O) groups excluding carboxylic acids is 2.